The van der Waals surface area contributed by atoms with Gasteiger partial charge in [0.05, 0.1) is 0 Å². The highest BCUT2D eigenvalue weighted by atomic mass is 16.1. The Bertz CT molecular complexity index is 431. The van der Waals surface area contributed by atoms with Crippen molar-refractivity contribution in [1.29, 1.82) is 0 Å². The lowest BCUT2D eigenvalue weighted by Gasteiger charge is -2.50. The summed E-state index contributed by atoms with van der Waals surface area (Å²) < 4.78 is 0. The fourth-order valence-corrected chi connectivity index (χ4v) is 4.24. The van der Waals surface area contributed by atoms with Gasteiger partial charge in [0.15, 0.2) is 0 Å². The lowest BCUT2D eigenvalue weighted by Crippen LogP contribution is -2.56. The number of hydrogen-bond acceptors (Lipinski definition) is 4. The number of fused-ring (bicyclic) bond motifs is 2. The highest BCUT2D eigenvalue weighted by Gasteiger charge is 2.57. The SMILES string of the molecule is CC(=O)[C@@H]1C2C=CC([C@@H](C(C)=O)[C@H]2C(C)=O)[C@@H]1C(C)=O. The zero-order chi connectivity index (χ0) is 15.2. The maximum atomic E-state index is 12.0. The van der Waals surface area contributed by atoms with Crippen LogP contribution in [0.5, 0.6) is 0 Å². The first-order valence-corrected chi connectivity index (χ1v) is 6.97. The second-order valence-electron chi connectivity index (χ2n) is 6.09. The molecule has 0 radical (unpaired) electrons. The van der Waals surface area contributed by atoms with E-state index in [0.29, 0.717) is 0 Å². The highest BCUT2D eigenvalue weighted by molar-refractivity contribution is 5.94. The van der Waals surface area contributed by atoms with Crippen LogP contribution in [-0.4, -0.2) is 23.1 Å². The minimum absolute atomic E-state index is 0.0715. The maximum absolute atomic E-state index is 12.0. The van der Waals surface area contributed by atoms with Crippen molar-refractivity contribution < 1.29 is 19.2 Å². The molecule has 0 aromatic carbocycles. The third-order valence-corrected chi connectivity index (χ3v) is 4.87. The lowest BCUT2D eigenvalue weighted by molar-refractivity contribution is -0.150. The number of hydrogen-bond donors (Lipinski definition) is 0. The normalized spacial score (nSPS) is 38.6. The van der Waals surface area contributed by atoms with Crippen molar-refractivity contribution >= 4 is 23.1 Å². The molecule has 0 N–H and O–H groups in total. The molecule has 0 aromatic rings. The van der Waals surface area contributed by atoms with Crippen LogP contribution in [0.25, 0.3) is 0 Å². The van der Waals surface area contributed by atoms with E-state index >= 15 is 0 Å². The lowest BCUT2D eigenvalue weighted by atomic mass is 9.50. The molecular weight excluding hydrogens is 256 g/mol. The van der Waals surface area contributed by atoms with Crippen molar-refractivity contribution in [3.05, 3.63) is 12.2 Å². The van der Waals surface area contributed by atoms with Gasteiger partial charge in [0.2, 0.25) is 0 Å². The Labute approximate surface area is 118 Å². The third-order valence-electron chi connectivity index (χ3n) is 4.87. The number of Topliss-reactive ketones (excluding diaryl/α,β-unsaturated/α-hetero) is 4. The molecule has 6 atom stereocenters. The topological polar surface area (TPSA) is 68.3 Å². The molecule has 3 aliphatic carbocycles. The van der Waals surface area contributed by atoms with Crippen molar-refractivity contribution in [2.24, 2.45) is 35.5 Å². The molecule has 1 fully saturated rings. The highest BCUT2D eigenvalue weighted by Crippen LogP contribution is 2.52. The largest absolute Gasteiger partial charge is 0.300 e. The van der Waals surface area contributed by atoms with Crippen LogP contribution in [0.1, 0.15) is 27.7 Å². The summed E-state index contributed by atoms with van der Waals surface area (Å²) >= 11 is 0. The van der Waals surface area contributed by atoms with Crippen LogP contribution in [0, 0.1) is 35.5 Å². The van der Waals surface area contributed by atoms with E-state index in [9.17, 15) is 19.2 Å². The Morgan fingerprint density at radius 3 is 0.900 bits per heavy atom. The fraction of sp³-hybridized carbons (Fsp3) is 0.625. The van der Waals surface area contributed by atoms with Crippen molar-refractivity contribution in [2.75, 3.05) is 0 Å². The molecular formula is C16H20O4. The average molecular weight is 276 g/mol. The smallest absolute Gasteiger partial charge is 0.134 e. The molecule has 1 saturated carbocycles. The summed E-state index contributed by atoms with van der Waals surface area (Å²) in [6, 6.07) is 0. The Morgan fingerprint density at radius 1 is 0.550 bits per heavy atom. The molecule has 108 valence electrons. The van der Waals surface area contributed by atoms with Gasteiger partial charge in [-0.25, -0.2) is 0 Å². The summed E-state index contributed by atoms with van der Waals surface area (Å²) in [6.07, 6.45) is 3.73. The van der Waals surface area contributed by atoms with E-state index in [2.05, 4.69) is 0 Å². The molecule has 2 unspecified atom stereocenters. The Kier molecular flexibility index (Phi) is 3.76. The number of ketones is 4. The predicted molar refractivity (Wildman–Crippen MR) is 72.8 cm³/mol. The molecule has 3 aliphatic rings. The number of carbonyl (C=O) groups excluding carboxylic acids is 4. The van der Waals surface area contributed by atoms with E-state index in [-0.39, 0.29) is 35.0 Å². The Morgan fingerprint density at radius 2 is 0.750 bits per heavy atom. The molecule has 4 nitrogen and oxygen atoms in total. The minimum atomic E-state index is -0.466. The van der Waals surface area contributed by atoms with E-state index in [1.54, 1.807) is 0 Å². The van der Waals surface area contributed by atoms with Crippen molar-refractivity contribution in [3.8, 4) is 0 Å². The van der Waals surface area contributed by atoms with Crippen molar-refractivity contribution in [2.45, 2.75) is 27.7 Å². The van der Waals surface area contributed by atoms with Gasteiger partial charge in [-0.2, -0.15) is 0 Å². The summed E-state index contributed by atoms with van der Waals surface area (Å²) in [5.74, 6) is -2.79. The molecule has 0 aromatic heterocycles. The summed E-state index contributed by atoms with van der Waals surface area (Å²) in [5, 5.41) is 0. The monoisotopic (exact) mass is 276 g/mol. The molecule has 3 rings (SSSR count). The van der Waals surface area contributed by atoms with Crippen LogP contribution in [0.15, 0.2) is 12.2 Å². The zero-order valence-corrected chi connectivity index (χ0v) is 12.3. The number of rotatable bonds is 4. The average Bonchev–Trinajstić information content (AvgIpc) is 2.36. The Balaban J connectivity index is 2.56. The molecule has 0 aliphatic heterocycles. The minimum Gasteiger partial charge on any atom is -0.300 e. The first-order chi connectivity index (χ1) is 9.27. The number of allylic oxidation sites excluding steroid dienone is 2. The first-order valence-electron chi connectivity index (χ1n) is 6.97. The molecule has 0 saturated heterocycles. The molecule has 0 heterocycles. The zero-order valence-electron chi connectivity index (χ0n) is 12.3. The summed E-state index contributed by atoms with van der Waals surface area (Å²) in [7, 11) is 0. The fourth-order valence-electron chi connectivity index (χ4n) is 4.24. The van der Waals surface area contributed by atoms with E-state index in [0.717, 1.165) is 0 Å². The van der Waals surface area contributed by atoms with Crippen LogP contribution < -0.4 is 0 Å². The van der Waals surface area contributed by atoms with Gasteiger partial charge < -0.3 is 0 Å². The van der Waals surface area contributed by atoms with Gasteiger partial charge in [0.25, 0.3) is 0 Å². The van der Waals surface area contributed by atoms with Crippen LogP contribution in [0.3, 0.4) is 0 Å². The van der Waals surface area contributed by atoms with Gasteiger partial charge in [-0.05, 0) is 39.5 Å². The van der Waals surface area contributed by atoms with Gasteiger partial charge in [-0.15, -0.1) is 0 Å². The molecule has 4 heteroatoms. The van der Waals surface area contributed by atoms with E-state index < -0.39 is 23.7 Å². The molecule has 20 heavy (non-hydrogen) atoms. The van der Waals surface area contributed by atoms with E-state index in [1.165, 1.54) is 27.7 Å². The maximum Gasteiger partial charge on any atom is 0.134 e. The van der Waals surface area contributed by atoms with Crippen LogP contribution in [0.2, 0.25) is 0 Å². The molecule has 2 bridgehead atoms. The molecule has 0 spiro atoms. The molecule has 0 amide bonds. The van der Waals surface area contributed by atoms with Gasteiger partial charge in [-0.1, -0.05) is 12.2 Å². The van der Waals surface area contributed by atoms with Crippen molar-refractivity contribution in [3.63, 3.8) is 0 Å². The van der Waals surface area contributed by atoms with Gasteiger partial charge in [-0.3, -0.25) is 19.2 Å². The quantitative estimate of drug-likeness (QED) is 0.732. The van der Waals surface area contributed by atoms with E-state index in [1.807, 2.05) is 12.2 Å². The second-order valence-corrected chi connectivity index (χ2v) is 6.09. The summed E-state index contributed by atoms with van der Waals surface area (Å²) in [6.45, 7) is 5.87. The van der Waals surface area contributed by atoms with Gasteiger partial charge >= 0.3 is 0 Å². The van der Waals surface area contributed by atoms with E-state index in [4.69, 9.17) is 0 Å². The third kappa shape index (κ3) is 2.07. The van der Waals surface area contributed by atoms with Crippen LogP contribution in [-0.2, 0) is 19.2 Å². The second kappa shape index (κ2) is 5.08. The van der Waals surface area contributed by atoms with Gasteiger partial charge in [0.1, 0.15) is 23.1 Å². The number of carbonyl (C=O) groups is 4. The van der Waals surface area contributed by atoms with Crippen molar-refractivity contribution in [1.82, 2.24) is 0 Å². The Hall–Kier alpha value is -1.58. The van der Waals surface area contributed by atoms with Gasteiger partial charge in [0, 0.05) is 23.7 Å². The summed E-state index contributed by atoms with van der Waals surface area (Å²) in [5.41, 5.74) is 0. The van der Waals surface area contributed by atoms with Crippen LogP contribution >= 0.6 is 0 Å². The first kappa shape index (κ1) is 14.8. The predicted octanol–water partition coefficient (Wildman–Crippen LogP) is 1.62. The summed E-state index contributed by atoms with van der Waals surface area (Å²) in [4.78, 5) is 47.9. The van der Waals surface area contributed by atoms with Crippen LogP contribution in [0.4, 0.5) is 0 Å². The standard InChI is InChI=1S/C16H20O4/c1-7(17)13-11-5-6-12(14(13)8(2)18)16(10(4)20)15(11)9(3)19/h5-6,11-16H,1-4H3/t11?,12?,13-,14+,15+,16-.